The van der Waals surface area contributed by atoms with E-state index in [0.29, 0.717) is 0 Å². The molecule has 0 heterocycles. The number of nitrogens with two attached hydrogens (primary N) is 1. The van der Waals surface area contributed by atoms with Gasteiger partial charge in [0.2, 0.25) is 5.78 Å². The minimum Gasteiger partial charge on any atom is -0.480 e. The quantitative estimate of drug-likeness (QED) is 0.156. The van der Waals surface area contributed by atoms with Crippen LogP contribution in [0, 0.1) is 20.2 Å². The van der Waals surface area contributed by atoms with E-state index in [1.807, 2.05) is 0 Å². The Morgan fingerprint density at radius 3 is 2.04 bits per heavy atom. The molecule has 0 aliphatic rings. The summed E-state index contributed by atoms with van der Waals surface area (Å²) in [6.07, 6.45) is -1.57. The van der Waals surface area contributed by atoms with Gasteiger partial charge < -0.3 is 25.3 Å². The Labute approximate surface area is 137 Å². The zero-order valence-electron chi connectivity index (χ0n) is 11.9. The molecule has 0 aromatic heterocycles. The molecule has 136 valence electrons. The number of esters is 1. The van der Waals surface area contributed by atoms with Crippen molar-refractivity contribution in [1.29, 1.82) is 0 Å². The standard InChI is InChI=1S/C9H13N3O11S/c10-6(8(14)15)3-24-4-7(13)9(16)23-5(1-21-11(17)18)2-22-12(19)20/h5-6H,1-4,10H2,(H,14,15)/t6-/m0/s1. The minimum atomic E-state index is -1.57. The Hall–Kier alpha value is -2.68. The molecule has 0 fully saturated rings. The Kier molecular flexibility index (Phi) is 9.73. The number of hydrogen-bond acceptors (Lipinski definition) is 12. The molecule has 0 aromatic rings. The first-order valence-corrected chi connectivity index (χ1v) is 7.13. The summed E-state index contributed by atoms with van der Waals surface area (Å²) in [7, 11) is 0. The second-order valence-corrected chi connectivity index (χ2v) is 4.98. The fourth-order valence-corrected chi connectivity index (χ4v) is 1.85. The maximum absolute atomic E-state index is 11.5. The van der Waals surface area contributed by atoms with Gasteiger partial charge in [-0.15, -0.1) is 20.2 Å². The summed E-state index contributed by atoms with van der Waals surface area (Å²) < 4.78 is 4.51. The summed E-state index contributed by atoms with van der Waals surface area (Å²) >= 11 is 0.755. The van der Waals surface area contributed by atoms with Crippen molar-refractivity contribution in [2.75, 3.05) is 24.7 Å². The Morgan fingerprint density at radius 2 is 1.62 bits per heavy atom. The second kappa shape index (κ2) is 10.9. The van der Waals surface area contributed by atoms with E-state index in [1.54, 1.807) is 0 Å². The van der Waals surface area contributed by atoms with E-state index in [2.05, 4.69) is 14.4 Å². The highest BCUT2D eigenvalue weighted by molar-refractivity contribution is 8.00. The lowest BCUT2D eigenvalue weighted by atomic mass is 10.4. The van der Waals surface area contributed by atoms with Crippen LogP contribution in [0.15, 0.2) is 0 Å². The first kappa shape index (κ1) is 21.3. The number of ether oxygens (including phenoxy) is 1. The highest BCUT2D eigenvalue weighted by Gasteiger charge is 2.24. The van der Waals surface area contributed by atoms with Crippen LogP contribution in [0.25, 0.3) is 0 Å². The SMILES string of the molecule is N[C@@H](CSCC(=O)C(=O)OC(CO[N+](=O)[O-])CO[N+](=O)[O-])C(=O)O. The number of carbonyl (C=O) groups excluding carboxylic acids is 2. The van der Waals surface area contributed by atoms with E-state index in [-0.39, 0.29) is 5.75 Å². The van der Waals surface area contributed by atoms with Crippen LogP contribution in [0.5, 0.6) is 0 Å². The van der Waals surface area contributed by atoms with Gasteiger partial charge in [-0.2, -0.15) is 11.8 Å². The zero-order valence-corrected chi connectivity index (χ0v) is 12.7. The van der Waals surface area contributed by atoms with Crippen molar-refractivity contribution >= 4 is 29.5 Å². The molecular formula is C9H13N3O11S. The van der Waals surface area contributed by atoms with Gasteiger partial charge in [0.15, 0.2) is 0 Å². The van der Waals surface area contributed by atoms with Gasteiger partial charge in [0.05, 0.1) is 5.75 Å². The highest BCUT2D eigenvalue weighted by Crippen LogP contribution is 2.05. The number of carboxylic acids is 1. The van der Waals surface area contributed by atoms with E-state index in [4.69, 9.17) is 10.8 Å². The average Bonchev–Trinajstić information content (AvgIpc) is 2.48. The number of carbonyl (C=O) groups is 3. The van der Waals surface area contributed by atoms with Crippen LogP contribution in [-0.2, 0) is 28.8 Å². The van der Waals surface area contributed by atoms with Gasteiger partial charge >= 0.3 is 11.9 Å². The van der Waals surface area contributed by atoms with Crippen LogP contribution in [0.1, 0.15) is 0 Å². The fourth-order valence-electron chi connectivity index (χ4n) is 1.03. The third-order valence-corrected chi connectivity index (χ3v) is 3.14. The van der Waals surface area contributed by atoms with E-state index in [9.17, 15) is 34.6 Å². The molecule has 0 aromatic carbocycles. The molecule has 0 spiro atoms. The van der Waals surface area contributed by atoms with Crippen LogP contribution < -0.4 is 5.73 Å². The Balaban J connectivity index is 4.39. The molecule has 0 saturated carbocycles. The number of carboxylic acid groups (broad SMARTS) is 1. The van der Waals surface area contributed by atoms with Crippen LogP contribution in [-0.4, -0.2) is 69.9 Å². The molecule has 0 saturated heterocycles. The monoisotopic (exact) mass is 371 g/mol. The van der Waals surface area contributed by atoms with Crippen molar-refractivity contribution in [2.45, 2.75) is 12.1 Å². The number of hydrogen-bond donors (Lipinski definition) is 2. The molecule has 0 radical (unpaired) electrons. The second-order valence-electron chi connectivity index (χ2n) is 3.95. The first-order chi connectivity index (χ1) is 11.1. The number of thioether (sulfide) groups is 1. The number of nitrogens with zero attached hydrogens (tertiary/aromatic N) is 2. The maximum Gasteiger partial charge on any atom is 0.375 e. The summed E-state index contributed by atoms with van der Waals surface area (Å²) in [4.78, 5) is 61.3. The van der Waals surface area contributed by atoms with Gasteiger partial charge in [-0.3, -0.25) is 9.59 Å². The van der Waals surface area contributed by atoms with Crippen LogP contribution in [0.4, 0.5) is 0 Å². The van der Waals surface area contributed by atoms with Gasteiger partial charge in [0, 0.05) is 5.75 Å². The number of ketones is 1. The number of Topliss-reactive ketones (excluding diaryl/α,β-unsaturated/α-hetero) is 1. The van der Waals surface area contributed by atoms with E-state index >= 15 is 0 Å². The van der Waals surface area contributed by atoms with Crippen molar-refractivity contribution in [3.63, 3.8) is 0 Å². The van der Waals surface area contributed by atoms with Gasteiger partial charge in [-0.1, -0.05) is 0 Å². The van der Waals surface area contributed by atoms with Crippen molar-refractivity contribution in [2.24, 2.45) is 5.73 Å². The molecular weight excluding hydrogens is 358 g/mol. The van der Waals surface area contributed by atoms with E-state index < -0.39 is 59.0 Å². The van der Waals surface area contributed by atoms with E-state index in [0.717, 1.165) is 11.8 Å². The van der Waals surface area contributed by atoms with Crippen molar-refractivity contribution < 1.29 is 44.1 Å². The molecule has 0 aliphatic heterocycles. The van der Waals surface area contributed by atoms with Gasteiger partial charge in [0.1, 0.15) is 25.4 Å². The van der Waals surface area contributed by atoms with Gasteiger partial charge in [0.25, 0.3) is 10.2 Å². The molecule has 14 nitrogen and oxygen atoms in total. The Morgan fingerprint density at radius 1 is 1.12 bits per heavy atom. The molecule has 0 unspecified atom stereocenters. The zero-order chi connectivity index (χ0) is 18.7. The molecule has 15 heteroatoms. The average molecular weight is 371 g/mol. The maximum atomic E-state index is 11.5. The largest absolute Gasteiger partial charge is 0.480 e. The minimum absolute atomic E-state index is 0.146. The molecule has 24 heavy (non-hydrogen) atoms. The predicted molar refractivity (Wildman–Crippen MR) is 73.7 cm³/mol. The summed E-state index contributed by atoms with van der Waals surface area (Å²) in [5.74, 6) is -4.42. The Bertz CT molecular complexity index is 481. The molecule has 0 amide bonds. The summed E-state index contributed by atoms with van der Waals surface area (Å²) in [6, 6.07) is -1.23. The first-order valence-electron chi connectivity index (χ1n) is 5.98. The number of aliphatic carboxylic acids is 1. The lowest BCUT2D eigenvalue weighted by molar-refractivity contribution is -0.768. The fraction of sp³-hybridized carbons (Fsp3) is 0.667. The van der Waals surface area contributed by atoms with Gasteiger partial charge in [-0.25, -0.2) is 4.79 Å². The van der Waals surface area contributed by atoms with Crippen LogP contribution in [0.2, 0.25) is 0 Å². The van der Waals surface area contributed by atoms with Gasteiger partial charge in [-0.05, 0) is 0 Å². The van der Waals surface area contributed by atoms with E-state index in [1.165, 1.54) is 0 Å². The molecule has 0 aliphatic carbocycles. The lowest BCUT2D eigenvalue weighted by Gasteiger charge is -2.15. The molecule has 3 N–H and O–H groups in total. The lowest BCUT2D eigenvalue weighted by Crippen LogP contribution is -2.35. The smallest absolute Gasteiger partial charge is 0.375 e. The van der Waals surface area contributed by atoms with Crippen LogP contribution in [0.3, 0.4) is 0 Å². The van der Waals surface area contributed by atoms with Crippen LogP contribution >= 0.6 is 11.8 Å². The predicted octanol–water partition coefficient (Wildman–Crippen LogP) is -1.97. The molecule has 1 atom stereocenters. The third kappa shape index (κ3) is 10.1. The third-order valence-electron chi connectivity index (χ3n) is 2.08. The topological polar surface area (TPSA) is 211 Å². The summed E-state index contributed by atoms with van der Waals surface area (Å²) in [5, 5.41) is 26.2. The molecule has 0 bridgehead atoms. The summed E-state index contributed by atoms with van der Waals surface area (Å²) in [6.45, 7) is -1.76. The highest BCUT2D eigenvalue weighted by atomic mass is 32.2. The molecule has 0 rings (SSSR count). The van der Waals surface area contributed by atoms with Crippen molar-refractivity contribution in [3.8, 4) is 0 Å². The van der Waals surface area contributed by atoms with Crippen molar-refractivity contribution in [1.82, 2.24) is 0 Å². The summed E-state index contributed by atoms with van der Waals surface area (Å²) in [5.41, 5.74) is 5.19. The number of rotatable bonds is 13. The normalized spacial score (nSPS) is 11.4. The van der Waals surface area contributed by atoms with Crippen molar-refractivity contribution in [3.05, 3.63) is 20.2 Å².